The number of sulfone groups is 1. The molecule has 1 aromatic carbocycles. The second-order valence-electron chi connectivity index (χ2n) is 8.21. The number of anilines is 2. The Morgan fingerprint density at radius 2 is 1.73 bits per heavy atom. The number of H-pyrrole nitrogens is 2. The van der Waals surface area contributed by atoms with E-state index in [9.17, 15) is 8.42 Å². The van der Waals surface area contributed by atoms with Gasteiger partial charge < -0.3 is 15.6 Å². The Morgan fingerprint density at radius 3 is 2.58 bits per heavy atom. The first-order valence-corrected chi connectivity index (χ1v) is 12.4. The number of hydrogen-bond acceptors (Lipinski definition) is 7. The lowest BCUT2D eigenvalue weighted by Gasteiger charge is -2.27. The van der Waals surface area contributed by atoms with Gasteiger partial charge in [-0.1, -0.05) is 6.07 Å². The van der Waals surface area contributed by atoms with Crippen LogP contribution in [0.4, 0.5) is 11.6 Å². The number of nitrogens with one attached hydrogen (secondary N) is 2. The second kappa shape index (κ2) is 7.31. The molecule has 0 saturated carbocycles. The van der Waals surface area contributed by atoms with E-state index >= 15 is 0 Å². The fraction of sp³-hybridized carbons (Fsp3) is 0.174. The van der Waals surface area contributed by atoms with Crippen LogP contribution in [0, 0.1) is 0 Å². The van der Waals surface area contributed by atoms with Crippen LogP contribution in [0.15, 0.2) is 54.9 Å². The summed E-state index contributed by atoms with van der Waals surface area (Å²) in [7, 11) is -2.94. The van der Waals surface area contributed by atoms with Crippen molar-refractivity contribution in [3.63, 3.8) is 0 Å². The molecule has 1 saturated heterocycles. The summed E-state index contributed by atoms with van der Waals surface area (Å²) in [5.74, 6) is 1.56. The highest BCUT2D eigenvalue weighted by atomic mass is 32.2. The van der Waals surface area contributed by atoms with Crippen LogP contribution >= 0.6 is 0 Å². The van der Waals surface area contributed by atoms with Crippen molar-refractivity contribution in [1.82, 2.24) is 25.1 Å². The van der Waals surface area contributed by atoms with E-state index < -0.39 is 9.84 Å². The Balaban J connectivity index is 1.39. The molecule has 0 amide bonds. The first-order valence-electron chi connectivity index (χ1n) is 10.6. The zero-order valence-corrected chi connectivity index (χ0v) is 18.4. The molecule has 1 aliphatic rings. The number of nitrogen functional groups attached to an aromatic ring is 1. The van der Waals surface area contributed by atoms with Crippen LogP contribution in [0.25, 0.3) is 44.3 Å². The van der Waals surface area contributed by atoms with E-state index in [1.165, 1.54) is 0 Å². The van der Waals surface area contributed by atoms with Gasteiger partial charge in [0.05, 0.1) is 17.0 Å². The van der Waals surface area contributed by atoms with Gasteiger partial charge in [-0.05, 0) is 47.5 Å². The molecule has 0 bridgehead atoms. The number of aromatic nitrogens is 5. The van der Waals surface area contributed by atoms with Gasteiger partial charge in [-0.3, -0.25) is 5.10 Å². The van der Waals surface area contributed by atoms with E-state index in [1.54, 1.807) is 12.4 Å². The minimum atomic E-state index is -2.94. The maximum Gasteiger partial charge on any atom is 0.153 e. The zero-order valence-electron chi connectivity index (χ0n) is 17.6. The number of fused-ring (bicyclic) bond motifs is 2. The smallest absolute Gasteiger partial charge is 0.153 e. The zero-order chi connectivity index (χ0) is 22.6. The number of nitrogens with two attached hydrogens (primary N) is 1. The van der Waals surface area contributed by atoms with Gasteiger partial charge in [-0.15, -0.1) is 0 Å². The molecule has 0 unspecified atom stereocenters. The quantitative estimate of drug-likeness (QED) is 0.378. The first-order chi connectivity index (χ1) is 16.0. The number of aromatic amines is 2. The summed E-state index contributed by atoms with van der Waals surface area (Å²) in [6.07, 6.45) is 3.54. The fourth-order valence-corrected chi connectivity index (χ4v) is 5.54. The molecule has 0 aliphatic carbocycles. The van der Waals surface area contributed by atoms with Crippen molar-refractivity contribution in [2.75, 3.05) is 35.2 Å². The summed E-state index contributed by atoms with van der Waals surface area (Å²) in [4.78, 5) is 14.4. The number of nitrogens with zero attached hydrogens (tertiary/aromatic N) is 4. The lowest BCUT2D eigenvalue weighted by molar-refractivity contribution is 0.586. The van der Waals surface area contributed by atoms with Crippen LogP contribution in [0.1, 0.15) is 0 Å². The van der Waals surface area contributed by atoms with Gasteiger partial charge in [0.1, 0.15) is 11.5 Å². The molecule has 4 aromatic heterocycles. The van der Waals surface area contributed by atoms with Crippen LogP contribution in [0.5, 0.6) is 0 Å². The molecule has 0 atom stereocenters. The Bertz CT molecular complexity index is 1610. The van der Waals surface area contributed by atoms with Crippen molar-refractivity contribution in [2.24, 2.45) is 0 Å². The molecule has 166 valence electrons. The van der Waals surface area contributed by atoms with E-state index in [0.29, 0.717) is 18.9 Å². The van der Waals surface area contributed by atoms with Crippen molar-refractivity contribution in [2.45, 2.75) is 0 Å². The minimum Gasteiger partial charge on any atom is -0.382 e. The van der Waals surface area contributed by atoms with Crippen molar-refractivity contribution in [3.05, 3.63) is 54.9 Å². The number of rotatable bonds is 3. The standard InChI is InChI=1S/C23H21N7O2S/c24-22-18-11-14(1-2-19(18)28-29-22)16-4-6-26-23-17(16)13-20(27-23)15-3-5-25-21(12-15)30-7-9-33(31,32)10-8-30/h1-6,11-13H,7-10H2,(H,26,27)(H3,24,28,29). The predicted octanol–water partition coefficient (Wildman–Crippen LogP) is 2.99. The molecule has 4 N–H and O–H groups in total. The Labute approximate surface area is 189 Å². The van der Waals surface area contributed by atoms with Crippen LogP contribution in [-0.2, 0) is 9.84 Å². The van der Waals surface area contributed by atoms with E-state index in [2.05, 4.69) is 31.2 Å². The third-order valence-corrected chi connectivity index (χ3v) is 7.77. The van der Waals surface area contributed by atoms with Crippen molar-refractivity contribution < 1.29 is 8.42 Å². The SMILES string of the molecule is Nc1n[nH]c2ccc(-c3ccnc4[nH]c(-c5ccnc(N6CCS(=O)(=O)CC6)c5)cc34)cc12. The summed E-state index contributed by atoms with van der Waals surface area (Å²) in [5, 5.41) is 8.89. The van der Waals surface area contributed by atoms with Crippen LogP contribution in [0.3, 0.4) is 0 Å². The topological polar surface area (TPSA) is 134 Å². The highest BCUT2D eigenvalue weighted by Gasteiger charge is 2.23. The van der Waals surface area contributed by atoms with Gasteiger partial charge in [0.15, 0.2) is 15.7 Å². The van der Waals surface area contributed by atoms with E-state index in [4.69, 9.17) is 5.73 Å². The van der Waals surface area contributed by atoms with Crippen molar-refractivity contribution >= 4 is 43.4 Å². The van der Waals surface area contributed by atoms with Crippen molar-refractivity contribution in [3.8, 4) is 22.4 Å². The predicted molar refractivity (Wildman–Crippen MR) is 130 cm³/mol. The summed E-state index contributed by atoms with van der Waals surface area (Å²) in [5.41, 5.74) is 11.6. The van der Waals surface area contributed by atoms with Gasteiger partial charge >= 0.3 is 0 Å². The molecule has 5 aromatic rings. The summed E-state index contributed by atoms with van der Waals surface area (Å²) < 4.78 is 23.5. The molecule has 0 radical (unpaired) electrons. The maximum absolute atomic E-state index is 11.8. The summed E-state index contributed by atoms with van der Waals surface area (Å²) >= 11 is 0. The number of pyridine rings is 2. The minimum absolute atomic E-state index is 0.157. The molecule has 33 heavy (non-hydrogen) atoms. The van der Waals surface area contributed by atoms with Gasteiger partial charge in [0.25, 0.3) is 0 Å². The lowest BCUT2D eigenvalue weighted by atomic mass is 10.0. The monoisotopic (exact) mass is 459 g/mol. The van der Waals surface area contributed by atoms with Gasteiger partial charge in [0, 0.05) is 47.5 Å². The van der Waals surface area contributed by atoms with Gasteiger partial charge in [0.2, 0.25) is 0 Å². The van der Waals surface area contributed by atoms with Crippen LogP contribution in [0.2, 0.25) is 0 Å². The highest BCUT2D eigenvalue weighted by molar-refractivity contribution is 7.91. The first kappa shape index (κ1) is 19.7. The van der Waals surface area contributed by atoms with E-state index in [-0.39, 0.29) is 11.5 Å². The van der Waals surface area contributed by atoms with Crippen molar-refractivity contribution in [1.29, 1.82) is 0 Å². The maximum atomic E-state index is 11.8. The molecule has 10 heteroatoms. The Morgan fingerprint density at radius 1 is 0.909 bits per heavy atom. The number of benzene rings is 1. The third kappa shape index (κ3) is 3.48. The summed E-state index contributed by atoms with van der Waals surface area (Å²) in [6, 6.07) is 14.0. The van der Waals surface area contributed by atoms with E-state index in [1.807, 2.05) is 41.3 Å². The molecule has 5 heterocycles. The fourth-order valence-electron chi connectivity index (χ4n) is 4.34. The lowest BCUT2D eigenvalue weighted by Crippen LogP contribution is -2.40. The van der Waals surface area contributed by atoms with E-state index in [0.717, 1.165) is 50.1 Å². The third-order valence-electron chi connectivity index (χ3n) is 6.16. The number of hydrogen-bond donors (Lipinski definition) is 3. The highest BCUT2D eigenvalue weighted by Crippen LogP contribution is 2.34. The van der Waals surface area contributed by atoms with Gasteiger partial charge in [-0.2, -0.15) is 5.10 Å². The molecule has 6 rings (SSSR count). The summed E-state index contributed by atoms with van der Waals surface area (Å²) in [6.45, 7) is 0.910. The second-order valence-corrected chi connectivity index (χ2v) is 10.5. The van der Waals surface area contributed by atoms with Gasteiger partial charge in [-0.25, -0.2) is 18.4 Å². The van der Waals surface area contributed by atoms with Crippen LogP contribution < -0.4 is 10.6 Å². The Kier molecular flexibility index (Phi) is 4.37. The average molecular weight is 460 g/mol. The molecule has 1 fully saturated rings. The average Bonchev–Trinajstić information content (AvgIpc) is 3.43. The molecular weight excluding hydrogens is 438 g/mol. The Hall–Kier alpha value is -3.92. The molecule has 0 spiro atoms. The largest absolute Gasteiger partial charge is 0.382 e. The van der Waals surface area contributed by atoms with Crippen LogP contribution in [-0.4, -0.2) is 58.2 Å². The molecule has 9 nitrogen and oxygen atoms in total. The molecule has 1 aliphatic heterocycles. The normalized spacial score (nSPS) is 15.9. The molecular formula is C23H21N7O2S.